The van der Waals surface area contributed by atoms with Crippen molar-refractivity contribution in [2.75, 3.05) is 11.9 Å². The van der Waals surface area contributed by atoms with Gasteiger partial charge in [-0.1, -0.05) is 0 Å². The summed E-state index contributed by atoms with van der Waals surface area (Å²) in [6, 6.07) is 1.96. The van der Waals surface area contributed by atoms with Crippen LogP contribution in [0.25, 0.3) is 11.2 Å². The van der Waals surface area contributed by atoms with Crippen molar-refractivity contribution in [2.24, 2.45) is 7.05 Å². The molecule has 0 amide bonds. The predicted molar refractivity (Wildman–Crippen MR) is 67.1 cm³/mol. The van der Waals surface area contributed by atoms with Crippen molar-refractivity contribution in [1.82, 2.24) is 29.7 Å². The first-order valence-electron chi connectivity index (χ1n) is 5.69. The molecule has 0 unspecified atom stereocenters. The number of aromatic amines is 1. The van der Waals surface area contributed by atoms with Crippen molar-refractivity contribution in [3.63, 3.8) is 0 Å². The van der Waals surface area contributed by atoms with E-state index in [1.807, 2.05) is 17.7 Å². The summed E-state index contributed by atoms with van der Waals surface area (Å²) in [4.78, 5) is 12.7. The molecule has 0 atom stereocenters. The van der Waals surface area contributed by atoms with Crippen LogP contribution in [-0.4, -0.2) is 36.3 Å². The number of imidazole rings is 1. The van der Waals surface area contributed by atoms with Crippen molar-refractivity contribution >= 4 is 17.0 Å². The molecule has 0 radical (unpaired) electrons. The van der Waals surface area contributed by atoms with E-state index in [0.29, 0.717) is 0 Å². The van der Waals surface area contributed by atoms with E-state index in [1.165, 1.54) is 0 Å². The van der Waals surface area contributed by atoms with Crippen molar-refractivity contribution in [3.8, 4) is 0 Å². The van der Waals surface area contributed by atoms with Gasteiger partial charge in [0.25, 0.3) is 0 Å². The summed E-state index contributed by atoms with van der Waals surface area (Å²) < 4.78 is 1.87. The van der Waals surface area contributed by atoms with Gasteiger partial charge in [0.15, 0.2) is 11.5 Å². The van der Waals surface area contributed by atoms with Gasteiger partial charge in [-0.25, -0.2) is 15.0 Å². The minimum atomic E-state index is 0.764. The quantitative estimate of drug-likeness (QED) is 0.706. The average Bonchev–Trinajstić information content (AvgIpc) is 3.01. The van der Waals surface area contributed by atoms with E-state index < -0.39 is 0 Å². The van der Waals surface area contributed by atoms with Crippen molar-refractivity contribution in [1.29, 1.82) is 0 Å². The number of fused-ring (bicyclic) bond motifs is 1. The zero-order valence-electron chi connectivity index (χ0n) is 9.96. The Hall–Kier alpha value is -2.44. The largest absolute Gasteiger partial charge is 0.368 e. The number of hydrogen-bond donors (Lipinski definition) is 2. The molecule has 3 aromatic rings. The fourth-order valence-electron chi connectivity index (χ4n) is 1.81. The van der Waals surface area contributed by atoms with Gasteiger partial charge in [0.2, 0.25) is 0 Å². The molecule has 0 aliphatic carbocycles. The molecule has 18 heavy (non-hydrogen) atoms. The highest BCUT2D eigenvalue weighted by Crippen LogP contribution is 2.15. The molecule has 0 saturated heterocycles. The highest BCUT2D eigenvalue weighted by atomic mass is 15.1. The summed E-state index contributed by atoms with van der Waals surface area (Å²) in [5.41, 5.74) is 2.72. The first kappa shape index (κ1) is 10.7. The molecule has 3 heterocycles. The number of rotatable bonds is 4. The second-order valence-corrected chi connectivity index (χ2v) is 4.01. The maximum atomic E-state index is 4.29. The van der Waals surface area contributed by atoms with Crippen LogP contribution in [0.15, 0.2) is 24.9 Å². The number of hydrogen-bond acceptors (Lipinski definition) is 5. The Morgan fingerprint density at radius 3 is 3.11 bits per heavy atom. The van der Waals surface area contributed by atoms with Crippen LogP contribution < -0.4 is 5.32 Å². The standard InChI is InChI=1S/C11H13N7/c1-18-7-15-9-10(13-6-14-11(9)18)12-4-2-8-3-5-16-17-8/h3,5-7H,2,4H2,1H3,(H,16,17)(H,12,13,14). The number of anilines is 1. The van der Waals surface area contributed by atoms with E-state index in [-0.39, 0.29) is 0 Å². The van der Waals surface area contributed by atoms with E-state index in [0.717, 1.165) is 35.6 Å². The van der Waals surface area contributed by atoms with Gasteiger partial charge in [-0.15, -0.1) is 0 Å². The summed E-state index contributed by atoms with van der Waals surface area (Å²) in [6.07, 6.45) is 5.89. The molecule has 3 aromatic heterocycles. The number of nitrogens with one attached hydrogen (secondary N) is 2. The van der Waals surface area contributed by atoms with Gasteiger partial charge >= 0.3 is 0 Å². The summed E-state index contributed by atoms with van der Waals surface area (Å²) in [7, 11) is 1.91. The molecular weight excluding hydrogens is 230 g/mol. The van der Waals surface area contributed by atoms with Crippen LogP contribution in [0.4, 0.5) is 5.82 Å². The minimum absolute atomic E-state index is 0.764. The van der Waals surface area contributed by atoms with Crippen LogP contribution >= 0.6 is 0 Å². The highest BCUT2D eigenvalue weighted by Gasteiger charge is 2.07. The fraction of sp³-hybridized carbons (Fsp3) is 0.273. The lowest BCUT2D eigenvalue weighted by molar-refractivity contribution is 0.920. The molecule has 0 fully saturated rings. The third-order valence-corrected chi connectivity index (χ3v) is 2.74. The number of H-pyrrole nitrogens is 1. The van der Waals surface area contributed by atoms with Gasteiger partial charge in [-0.3, -0.25) is 5.10 Å². The molecule has 3 rings (SSSR count). The lowest BCUT2D eigenvalue weighted by Gasteiger charge is -2.04. The summed E-state index contributed by atoms with van der Waals surface area (Å²) in [6.45, 7) is 0.769. The van der Waals surface area contributed by atoms with Crippen LogP contribution in [0.3, 0.4) is 0 Å². The Kier molecular flexibility index (Phi) is 2.64. The minimum Gasteiger partial charge on any atom is -0.368 e. The molecule has 0 aromatic carbocycles. The van der Waals surface area contributed by atoms with E-state index in [9.17, 15) is 0 Å². The third-order valence-electron chi connectivity index (χ3n) is 2.74. The normalized spacial score (nSPS) is 10.9. The summed E-state index contributed by atoms with van der Waals surface area (Å²) in [5, 5.41) is 10.1. The molecule has 0 aliphatic rings. The van der Waals surface area contributed by atoms with Gasteiger partial charge in [0.05, 0.1) is 6.33 Å². The van der Waals surface area contributed by atoms with Gasteiger partial charge in [0.1, 0.15) is 11.8 Å². The molecule has 2 N–H and O–H groups in total. The smallest absolute Gasteiger partial charge is 0.165 e. The lowest BCUT2D eigenvalue weighted by atomic mass is 10.3. The Morgan fingerprint density at radius 2 is 2.28 bits per heavy atom. The van der Waals surface area contributed by atoms with Crippen LogP contribution in [0.1, 0.15) is 5.69 Å². The molecule has 7 heteroatoms. The molecule has 0 aliphatic heterocycles. The predicted octanol–water partition coefficient (Wildman–Crippen LogP) is 0.741. The van der Waals surface area contributed by atoms with E-state index in [2.05, 4.69) is 30.5 Å². The molecule has 0 bridgehead atoms. The fourth-order valence-corrected chi connectivity index (χ4v) is 1.81. The Morgan fingerprint density at radius 1 is 1.33 bits per heavy atom. The first-order chi connectivity index (χ1) is 8.84. The first-order valence-corrected chi connectivity index (χ1v) is 5.69. The van der Waals surface area contributed by atoms with E-state index in [1.54, 1.807) is 18.9 Å². The second-order valence-electron chi connectivity index (χ2n) is 4.01. The monoisotopic (exact) mass is 243 g/mol. The second kappa shape index (κ2) is 4.44. The van der Waals surface area contributed by atoms with E-state index in [4.69, 9.17) is 0 Å². The zero-order chi connectivity index (χ0) is 12.4. The molecular formula is C11H13N7. The molecule has 0 spiro atoms. The number of aromatic nitrogens is 6. The lowest BCUT2D eigenvalue weighted by Crippen LogP contribution is -2.07. The zero-order valence-corrected chi connectivity index (χ0v) is 9.96. The van der Waals surface area contributed by atoms with Gasteiger partial charge in [0, 0.05) is 31.9 Å². The third kappa shape index (κ3) is 1.90. The summed E-state index contributed by atoms with van der Waals surface area (Å²) >= 11 is 0. The van der Waals surface area contributed by atoms with Crippen molar-refractivity contribution in [3.05, 3.63) is 30.6 Å². The number of aryl methyl sites for hydroxylation is 1. The van der Waals surface area contributed by atoms with Crippen LogP contribution in [0.2, 0.25) is 0 Å². The van der Waals surface area contributed by atoms with Crippen LogP contribution in [-0.2, 0) is 13.5 Å². The van der Waals surface area contributed by atoms with Crippen molar-refractivity contribution in [2.45, 2.75) is 6.42 Å². The Labute approximate surface area is 103 Å². The molecule has 92 valence electrons. The molecule has 0 saturated carbocycles. The van der Waals surface area contributed by atoms with Gasteiger partial charge < -0.3 is 9.88 Å². The van der Waals surface area contributed by atoms with Crippen molar-refractivity contribution < 1.29 is 0 Å². The summed E-state index contributed by atoms with van der Waals surface area (Å²) in [5.74, 6) is 0.764. The topological polar surface area (TPSA) is 84.3 Å². The number of nitrogens with zero attached hydrogens (tertiary/aromatic N) is 5. The van der Waals surface area contributed by atoms with Gasteiger partial charge in [-0.05, 0) is 6.07 Å². The van der Waals surface area contributed by atoms with Crippen LogP contribution in [0.5, 0.6) is 0 Å². The van der Waals surface area contributed by atoms with Gasteiger partial charge in [-0.2, -0.15) is 5.10 Å². The average molecular weight is 243 g/mol. The molecule has 7 nitrogen and oxygen atoms in total. The maximum Gasteiger partial charge on any atom is 0.165 e. The van der Waals surface area contributed by atoms with E-state index >= 15 is 0 Å². The van der Waals surface area contributed by atoms with Crippen LogP contribution in [0, 0.1) is 0 Å². The maximum absolute atomic E-state index is 4.29. The Balaban J connectivity index is 1.74. The highest BCUT2D eigenvalue weighted by molar-refractivity contribution is 5.82. The SMILES string of the molecule is Cn1cnc2c(NCCc3ccn[nH]3)ncnc21. The Bertz CT molecular complexity index is 641.